The van der Waals surface area contributed by atoms with Crippen molar-refractivity contribution in [2.75, 3.05) is 4.90 Å². The van der Waals surface area contributed by atoms with Gasteiger partial charge in [0.15, 0.2) is 0 Å². The molecule has 2 aliphatic rings. The number of benzene rings is 9. The molecule has 1 nitrogen and oxygen atoms in total. The fraction of sp³-hybridized carbons (Fsp3) is 0.0714. The van der Waals surface area contributed by atoms with Crippen molar-refractivity contribution >= 4 is 27.8 Å². The summed E-state index contributed by atoms with van der Waals surface area (Å²) in [6.07, 6.45) is 0. The summed E-state index contributed by atoms with van der Waals surface area (Å²) in [5.41, 5.74) is 18.3. The number of hydrogen-bond acceptors (Lipinski definition) is 1. The van der Waals surface area contributed by atoms with E-state index in [4.69, 9.17) is 0 Å². The lowest BCUT2D eigenvalue weighted by Gasteiger charge is -2.35. The summed E-state index contributed by atoms with van der Waals surface area (Å²) in [6, 6.07) is 78.7. The van der Waals surface area contributed by atoms with Crippen molar-refractivity contribution in [3.63, 3.8) is 0 Å². The van der Waals surface area contributed by atoms with Gasteiger partial charge in [-0.3, -0.25) is 0 Å². The van der Waals surface area contributed by atoms with Crippen molar-refractivity contribution in [2.24, 2.45) is 0 Å². The second kappa shape index (κ2) is 12.8. The summed E-state index contributed by atoms with van der Waals surface area (Å²) in [4.78, 5) is 2.50. The average Bonchev–Trinajstić information content (AvgIpc) is 3.70. The third-order valence-electron chi connectivity index (χ3n) is 12.7. The molecule has 0 fully saturated rings. The number of anilines is 3. The van der Waals surface area contributed by atoms with Crippen molar-refractivity contribution in [3.05, 3.63) is 246 Å². The van der Waals surface area contributed by atoms with E-state index < -0.39 is 5.41 Å². The van der Waals surface area contributed by atoms with Gasteiger partial charge in [0.2, 0.25) is 0 Å². The molecule has 0 aliphatic heterocycles. The molecule has 57 heavy (non-hydrogen) atoms. The molecular formula is C56H41N. The topological polar surface area (TPSA) is 3.24 Å². The molecule has 0 radical (unpaired) electrons. The van der Waals surface area contributed by atoms with Gasteiger partial charge in [-0.2, -0.15) is 0 Å². The Kier molecular flexibility index (Phi) is 7.50. The Hall–Kier alpha value is -6.96. The molecule has 0 atom stereocenters. The van der Waals surface area contributed by atoms with Crippen molar-refractivity contribution in [1.82, 2.24) is 0 Å². The van der Waals surface area contributed by atoms with Crippen LogP contribution in [0.1, 0.15) is 47.2 Å². The minimum atomic E-state index is -0.496. The molecule has 0 bridgehead atoms. The Morgan fingerprint density at radius 3 is 1.63 bits per heavy atom. The average molecular weight is 728 g/mol. The fourth-order valence-electron chi connectivity index (χ4n) is 10.3. The molecule has 0 heterocycles. The first-order chi connectivity index (χ1) is 28.0. The highest BCUT2D eigenvalue weighted by Crippen LogP contribution is 2.59. The monoisotopic (exact) mass is 727 g/mol. The maximum Gasteiger partial charge on any atom is 0.0714 e. The van der Waals surface area contributed by atoms with E-state index in [2.05, 4.69) is 231 Å². The molecule has 9 aromatic carbocycles. The molecule has 11 rings (SSSR count). The first kappa shape index (κ1) is 33.4. The first-order valence-electron chi connectivity index (χ1n) is 20.0. The van der Waals surface area contributed by atoms with Gasteiger partial charge >= 0.3 is 0 Å². The molecule has 2 aliphatic carbocycles. The van der Waals surface area contributed by atoms with Crippen LogP contribution in [-0.4, -0.2) is 0 Å². The van der Waals surface area contributed by atoms with E-state index >= 15 is 0 Å². The third kappa shape index (κ3) is 4.89. The van der Waals surface area contributed by atoms with E-state index in [0.29, 0.717) is 0 Å². The van der Waals surface area contributed by atoms with Crippen LogP contribution in [-0.2, 0) is 10.8 Å². The summed E-state index contributed by atoms with van der Waals surface area (Å²) < 4.78 is 0. The van der Waals surface area contributed by atoms with E-state index in [-0.39, 0.29) is 5.41 Å². The Balaban J connectivity index is 1.20. The molecule has 0 amide bonds. The third-order valence-corrected chi connectivity index (χ3v) is 12.7. The maximum absolute atomic E-state index is 2.50. The minimum Gasteiger partial charge on any atom is -0.310 e. The lowest BCUT2D eigenvalue weighted by atomic mass is 9.67. The number of hydrogen-bond donors (Lipinski definition) is 0. The van der Waals surface area contributed by atoms with Crippen LogP contribution in [0.25, 0.3) is 44.2 Å². The van der Waals surface area contributed by atoms with Crippen LogP contribution in [0.15, 0.2) is 212 Å². The smallest absolute Gasteiger partial charge is 0.0714 e. The molecule has 0 aromatic heterocycles. The van der Waals surface area contributed by atoms with Gasteiger partial charge in [-0.1, -0.05) is 190 Å². The predicted molar refractivity (Wildman–Crippen MR) is 239 cm³/mol. The first-order valence-corrected chi connectivity index (χ1v) is 20.0. The van der Waals surface area contributed by atoms with E-state index in [1.807, 2.05) is 0 Å². The molecule has 0 saturated carbocycles. The summed E-state index contributed by atoms with van der Waals surface area (Å²) in [7, 11) is 0. The Bertz CT molecular complexity index is 2920. The lowest BCUT2D eigenvalue weighted by Crippen LogP contribution is -2.28. The van der Waals surface area contributed by atoms with Crippen molar-refractivity contribution in [3.8, 4) is 33.4 Å². The molecule has 0 N–H and O–H groups in total. The van der Waals surface area contributed by atoms with Gasteiger partial charge in [-0.15, -0.1) is 0 Å². The summed E-state index contributed by atoms with van der Waals surface area (Å²) in [5.74, 6) is 0. The fourth-order valence-corrected chi connectivity index (χ4v) is 10.3. The quantitative estimate of drug-likeness (QED) is 0.165. The molecular weight excluding hydrogens is 687 g/mol. The van der Waals surface area contributed by atoms with Gasteiger partial charge in [0, 0.05) is 22.2 Å². The zero-order valence-electron chi connectivity index (χ0n) is 32.2. The van der Waals surface area contributed by atoms with E-state index in [1.165, 1.54) is 83.2 Å². The Morgan fingerprint density at radius 2 is 0.930 bits per heavy atom. The van der Waals surface area contributed by atoms with Gasteiger partial charge in [0.1, 0.15) is 0 Å². The molecule has 0 saturated heterocycles. The van der Waals surface area contributed by atoms with E-state index in [1.54, 1.807) is 0 Å². The zero-order valence-corrected chi connectivity index (χ0v) is 32.2. The molecule has 9 aromatic rings. The van der Waals surface area contributed by atoms with E-state index in [0.717, 1.165) is 11.4 Å². The molecule has 0 spiro atoms. The van der Waals surface area contributed by atoms with Gasteiger partial charge in [0.25, 0.3) is 0 Å². The molecule has 0 unspecified atom stereocenters. The van der Waals surface area contributed by atoms with Crippen LogP contribution in [0.4, 0.5) is 17.1 Å². The van der Waals surface area contributed by atoms with Crippen molar-refractivity contribution < 1.29 is 0 Å². The maximum atomic E-state index is 2.50. The molecule has 1 heteroatoms. The van der Waals surface area contributed by atoms with Crippen LogP contribution in [0.5, 0.6) is 0 Å². The second-order valence-corrected chi connectivity index (χ2v) is 16.0. The predicted octanol–water partition coefficient (Wildman–Crippen LogP) is 14.6. The van der Waals surface area contributed by atoms with E-state index in [9.17, 15) is 0 Å². The zero-order chi connectivity index (χ0) is 38.1. The highest BCUT2D eigenvalue weighted by atomic mass is 15.1. The van der Waals surface area contributed by atoms with Crippen LogP contribution in [0, 0.1) is 0 Å². The van der Waals surface area contributed by atoms with Crippen LogP contribution >= 0.6 is 0 Å². The number of fused-ring (bicyclic) bond motifs is 8. The summed E-state index contributed by atoms with van der Waals surface area (Å²) >= 11 is 0. The van der Waals surface area contributed by atoms with Crippen LogP contribution < -0.4 is 4.90 Å². The highest BCUT2D eigenvalue weighted by Gasteiger charge is 2.46. The number of para-hydroxylation sites is 1. The summed E-state index contributed by atoms with van der Waals surface area (Å²) in [6.45, 7) is 4.79. The van der Waals surface area contributed by atoms with Gasteiger partial charge in [-0.05, 0) is 109 Å². The number of nitrogens with zero attached hydrogens (tertiary/aromatic N) is 1. The SMILES string of the molecule is CC1(C)c2ccc(-c3ccccc3)cc2-c2cc(N(c3ccccc3)c3ccc4c(c3)C(c3ccccc3)(c3ccccc3)c3ccccc3-4)c3ccccc3c21. The lowest BCUT2D eigenvalue weighted by molar-refractivity contribution is 0.666. The highest BCUT2D eigenvalue weighted by molar-refractivity contribution is 6.07. The van der Waals surface area contributed by atoms with Crippen LogP contribution in [0.2, 0.25) is 0 Å². The molecule has 270 valence electrons. The summed E-state index contributed by atoms with van der Waals surface area (Å²) in [5, 5.41) is 2.54. The van der Waals surface area contributed by atoms with Gasteiger partial charge < -0.3 is 4.90 Å². The van der Waals surface area contributed by atoms with Crippen molar-refractivity contribution in [1.29, 1.82) is 0 Å². The Labute approximate surface area is 335 Å². The van der Waals surface area contributed by atoms with Gasteiger partial charge in [0.05, 0.1) is 11.1 Å². The minimum absolute atomic E-state index is 0.167. The van der Waals surface area contributed by atoms with Gasteiger partial charge in [-0.25, -0.2) is 0 Å². The normalized spacial score (nSPS) is 14.1. The standard InChI is InChI=1S/C56H41N/c1-55(2)50-34-31-39(38-19-7-3-8-20-38)35-48(50)49-37-53(46-28-15-16-29-47(46)54(49)55)57(42-25-13-6-14-26-42)43-32-33-45-44-27-17-18-30-51(44)56(52(45)36-43,40-21-9-4-10-22-40)41-23-11-5-12-24-41/h3-37H,1-2H3. The second-order valence-electron chi connectivity index (χ2n) is 16.0. The van der Waals surface area contributed by atoms with Crippen molar-refractivity contribution in [2.45, 2.75) is 24.7 Å². The largest absolute Gasteiger partial charge is 0.310 e. The Morgan fingerprint density at radius 1 is 0.351 bits per heavy atom. The number of rotatable bonds is 6. The van der Waals surface area contributed by atoms with Crippen LogP contribution in [0.3, 0.4) is 0 Å².